The zero-order chi connectivity index (χ0) is 16.1. The molecule has 1 heterocycles. The monoisotopic (exact) mass is 325 g/mol. The maximum atomic E-state index is 13.0. The standard InChI is InChI=1S/C19H19NO2S/c21-18(20-13-7-8-14-20)15-23(22)19(16-9-3-1-4-10-16)17-11-5-2-6-12-17/h1-12,19H,13-15H2. The fourth-order valence-corrected chi connectivity index (χ4v) is 4.24. The van der Waals surface area contributed by atoms with Crippen LogP contribution < -0.4 is 0 Å². The number of hydrogen-bond acceptors (Lipinski definition) is 2. The van der Waals surface area contributed by atoms with Crippen LogP contribution in [0.3, 0.4) is 0 Å². The molecule has 1 atom stereocenters. The van der Waals surface area contributed by atoms with Crippen LogP contribution in [0, 0.1) is 0 Å². The van der Waals surface area contributed by atoms with Crippen LogP contribution in [0.2, 0.25) is 0 Å². The lowest BCUT2D eigenvalue weighted by molar-refractivity contribution is -0.127. The van der Waals surface area contributed by atoms with E-state index in [4.69, 9.17) is 0 Å². The predicted octanol–water partition coefficient (Wildman–Crippen LogP) is 2.92. The fourth-order valence-electron chi connectivity index (χ4n) is 2.73. The molecule has 1 aliphatic rings. The summed E-state index contributed by atoms with van der Waals surface area (Å²) in [5.74, 6) is 0.000977. The highest BCUT2D eigenvalue weighted by atomic mass is 32.2. The van der Waals surface area contributed by atoms with Gasteiger partial charge in [0.2, 0.25) is 5.91 Å². The molecule has 0 aromatic heterocycles. The van der Waals surface area contributed by atoms with E-state index < -0.39 is 10.8 Å². The Hall–Kier alpha value is -2.20. The Morgan fingerprint density at radius 2 is 1.39 bits per heavy atom. The first-order valence-corrected chi connectivity index (χ1v) is 9.04. The van der Waals surface area contributed by atoms with Crippen molar-refractivity contribution in [3.8, 4) is 0 Å². The van der Waals surface area contributed by atoms with Gasteiger partial charge >= 0.3 is 0 Å². The van der Waals surface area contributed by atoms with Crippen LogP contribution >= 0.6 is 0 Å². The Kier molecular flexibility index (Phi) is 5.03. The van der Waals surface area contributed by atoms with E-state index >= 15 is 0 Å². The largest absolute Gasteiger partial charge is 0.334 e. The highest BCUT2D eigenvalue weighted by molar-refractivity contribution is 7.86. The van der Waals surface area contributed by atoms with Gasteiger partial charge in [-0.05, 0) is 11.1 Å². The van der Waals surface area contributed by atoms with Crippen molar-refractivity contribution in [1.82, 2.24) is 4.90 Å². The number of carbonyl (C=O) groups is 1. The van der Waals surface area contributed by atoms with Crippen LogP contribution in [0.25, 0.3) is 0 Å². The van der Waals surface area contributed by atoms with Gasteiger partial charge in [-0.1, -0.05) is 72.8 Å². The summed E-state index contributed by atoms with van der Waals surface area (Å²) < 4.78 is 13.0. The highest BCUT2D eigenvalue weighted by Crippen LogP contribution is 2.28. The van der Waals surface area contributed by atoms with Gasteiger partial charge in [-0.15, -0.1) is 0 Å². The van der Waals surface area contributed by atoms with Crippen LogP contribution in [0.1, 0.15) is 16.4 Å². The molecule has 0 bridgehead atoms. The van der Waals surface area contributed by atoms with Gasteiger partial charge < -0.3 is 4.90 Å². The SMILES string of the molecule is O=C(CS(=O)C(c1ccccc1)c1ccccc1)N1CC=CC1. The van der Waals surface area contributed by atoms with Gasteiger partial charge in [0, 0.05) is 23.9 Å². The van der Waals surface area contributed by atoms with E-state index in [2.05, 4.69) is 0 Å². The number of carbonyl (C=O) groups excluding carboxylic acids is 1. The molecule has 3 nitrogen and oxygen atoms in total. The van der Waals surface area contributed by atoms with Gasteiger partial charge in [-0.2, -0.15) is 0 Å². The first-order chi connectivity index (χ1) is 11.3. The second-order valence-corrected chi connectivity index (χ2v) is 7.02. The van der Waals surface area contributed by atoms with Crippen LogP contribution in [0.5, 0.6) is 0 Å². The van der Waals surface area contributed by atoms with Crippen molar-refractivity contribution < 1.29 is 9.00 Å². The van der Waals surface area contributed by atoms with Crippen molar-refractivity contribution in [3.63, 3.8) is 0 Å². The first kappa shape index (κ1) is 15.7. The molecule has 23 heavy (non-hydrogen) atoms. The number of nitrogens with zero attached hydrogens (tertiary/aromatic N) is 1. The number of hydrogen-bond donors (Lipinski definition) is 0. The molecule has 0 saturated heterocycles. The lowest BCUT2D eigenvalue weighted by Gasteiger charge is -2.20. The Balaban J connectivity index is 1.83. The molecule has 1 aliphatic heterocycles. The summed E-state index contributed by atoms with van der Waals surface area (Å²) in [6.07, 6.45) is 3.93. The molecule has 1 unspecified atom stereocenters. The normalized spacial score (nSPS) is 15.1. The zero-order valence-electron chi connectivity index (χ0n) is 12.8. The topological polar surface area (TPSA) is 37.4 Å². The summed E-state index contributed by atoms with van der Waals surface area (Å²) in [5.41, 5.74) is 1.95. The third kappa shape index (κ3) is 3.77. The van der Waals surface area contributed by atoms with Crippen LogP contribution in [-0.2, 0) is 15.6 Å². The minimum atomic E-state index is -1.30. The van der Waals surface area contributed by atoms with E-state index in [9.17, 15) is 9.00 Å². The summed E-state index contributed by atoms with van der Waals surface area (Å²) in [5, 5.41) is -0.281. The maximum absolute atomic E-state index is 13.0. The summed E-state index contributed by atoms with van der Waals surface area (Å²) in [6, 6.07) is 19.5. The smallest absolute Gasteiger partial charge is 0.235 e. The van der Waals surface area contributed by atoms with Gasteiger partial charge in [0.25, 0.3) is 0 Å². The third-order valence-corrected chi connectivity index (χ3v) is 5.51. The van der Waals surface area contributed by atoms with Crippen molar-refractivity contribution >= 4 is 16.7 Å². The lowest BCUT2D eigenvalue weighted by Crippen LogP contribution is -2.33. The molecule has 3 rings (SSSR count). The Morgan fingerprint density at radius 1 is 0.913 bits per heavy atom. The predicted molar refractivity (Wildman–Crippen MR) is 93.5 cm³/mol. The summed E-state index contributed by atoms with van der Waals surface area (Å²) in [7, 11) is -1.30. The lowest BCUT2D eigenvalue weighted by atomic mass is 10.0. The highest BCUT2D eigenvalue weighted by Gasteiger charge is 2.25. The first-order valence-electron chi connectivity index (χ1n) is 7.65. The van der Waals surface area contributed by atoms with Crippen LogP contribution in [0.4, 0.5) is 0 Å². The van der Waals surface area contributed by atoms with Gasteiger partial charge in [0.1, 0.15) is 5.75 Å². The van der Waals surface area contributed by atoms with E-state index in [-0.39, 0.29) is 16.9 Å². The maximum Gasteiger partial charge on any atom is 0.235 e. The number of amides is 1. The summed E-state index contributed by atoms with van der Waals surface area (Å²) in [6.45, 7) is 1.24. The molecule has 0 radical (unpaired) electrons. The molecule has 118 valence electrons. The van der Waals surface area contributed by atoms with Gasteiger partial charge in [0.15, 0.2) is 0 Å². The molecule has 4 heteroatoms. The number of rotatable bonds is 5. The third-order valence-electron chi connectivity index (χ3n) is 3.90. The molecule has 0 spiro atoms. The minimum absolute atomic E-state index is 0.0507. The van der Waals surface area contributed by atoms with Gasteiger partial charge in [0.05, 0.1) is 5.25 Å². The zero-order valence-corrected chi connectivity index (χ0v) is 13.6. The minimum Gasteiger partial charge on any atom is -0.334 e. The molecule has 2 aromatic rings. The van der Waals surface area contributed by atoms with Gasteiger partial charge in [-0.25, -0.2) is 0 Å². The molecular formula is C19H19NO2S. The molecule has 1 amide bonds. The fraction of sp³-hybridized carbons (Fsp3) is 0.211. The average Bonchev–Trinajstić information content (AvgIpc) is 3.12. The molecule has 0 saturated carbocycles. The van der Waals surface area contributed by atoms with Crippen molar-refractivity contribution in [3.05, 3.63) is 83.9 Å². The quantitative estimate of drug-likeness (QED) is 0.793. The molecule has 0 fully saturated rings. The van der Waals surface area contributed by atoms with Crippen molar-refractivity contribution in [2.24, 2.45) is 0 Å². The molecule has 0 N–H and O–H groups in total. The van der Waals surface area contributed by atoms with E-state index in [1.807, 2.05) is 72.8 Å². The van der Waals surface area contributed by atoms with Crippen molar-refractivity contribution in [1.29, 1.82) is 0 Å². The average molecular weight is 325 g/mol. The Bertz CT molecular complexity index is 665. The number of benzene rings is 2. The van der Waals surface area contributed by atoms with E-state index in [0.29, 0.717) is 13.1 Å². The second kappa shape index (κ2) is 7.38. The summed E-state index contributed by atoms with van der Waals surface area (Å²) in [4.78, 5) is 14.0. The van der Waals surface area contributed by atoms with E-state index in [1.54, 1.807) is 4.90 Å². The Morgan fingerprint density at radius 3 is 1.87 bits per heavy atom. The van der Waals surface area contributed by atoms with Crippen molar-refractivity contribution in [2.75, 3.05) is 18.8 Å². The summed E-state index contributed by atoms with van der Waals surface area (Å²) >= 11 is 0. The second-order valence-electron chi connectivity index (χ2n) is 5.50. The molecule has 2 aromatic carbocycles. The van der Waals surface area contributed by atoms with E-state index in [1.165, 1.54) is 0 Å². The van der Waals surface area contributed by atoms with Crippen LogP contribution in [-0.4, -0.2) is 33.9 Å². The molecule has 0 aliphatic carbocycles. The van der Waals surface area contributed by atoms with Crippen LogP contribution in [0.15, 0.2) is 72.8 Å². The van der Waals surface area contributed by atoms with Crippen molar-refractivity contribution in [2.45, 2.75) is 5.25 Å². The Labute approximate surface area is 139 Å². The van der Waals surface area contributed by atoms with Gasteiger partial charge in [-0.3, -0.25) is 9.00 Å². The van der Waals surface area contributed by atoms with E-state index in [0.717, 1.165) is 11.1 Å². The molecular weight excluding hydrogens is 306 g/mol.